The van der Waals surface area contributed by atoms with E-state index in [1.807, 2.05) is 6.07 Å². The summed E-state index contributed by atoms with van der Waals surface area (Å²) in [5.41, 5.74) is 0.666. The molecular weight excluding hydrogens is 208 g/mol. The molecule has 1 aromatic rings. The third-order valence-corrected chi connectivity index (χ3v) is 1.64. The molecule has 0 aliphatic carbocycles. The van der Waals surface area contributed by atoms with E-state index >= 15 is 0 Å². The first kappa shape index (κ1) is 12.0. The predicted octanol–water partition coefficient (Wildman–Crippen LogP) is 2.11. The minimum Gasteiger partial charge on any atom is -0.431 e. The van der Waals surface area contributed by atoms with Gasteiger partial charge in [-0.1, -0.05) is 30.3 Å². The summed E-state index contributed by atoms with van der Waals surface area (Å²) < 4.78 is 9.61. The molecule has 4 heteroatoms. The Bertz CT molecular complexity index is 406. The van der Waals surface area contributed by atoms with Crippen LogP contribution in [0.3, 0.4) is 0 Å². The Morgan fingerprint density at radius 2 is 1.69 bits per heavy atom. The number of benzene rings is 1. The van der Waals surface area contributed by atoms with Gasteiger partial charge in [0.15, 0.2) is 5.76 Å². The standard InChI is InChI=1S/C12H12O4/c1-9(13)15-8-12(16-10(2)14)11-6-4-3-5-7-11/h3-8H,1-2H3/b12-8+. The fourth-order valence-corrected chi connectivity index (χ4v) is 1.04. The maximum absolute atomic E-state index is 10.9. The minimum absolute atomic E-state index is 0.211. The number of hydrogen-bond donors (Lipinski definition) is 0. The molecule has 0 aromatic heterocycles. The molecular formula is C12H12O4. The van der Waals surface area contributed by atoms with Crippen LogP contribution in [-0.4, -0.2) is 11.9 Å². The van der Waals surface area contributed by atoms with E-state index in [4.69, 9.17) is 4.74 Å². The molecule has 0 bridgehead atoms. The van der Waals surface area contributed by atoms with Crippen LogP contribution in [0.15, 0.2) is 36.6 Å². The van der Waals surface area contributed by atoms with Crippen LogP contribution in [0.2, 0.25) is 0 Å². The highest BCUT2D eigenvalue weighted by Crippen LogP contribution is 2.15. The average molecular weight is 220 g/mol. The van der Waals surface area contributed by atoms with Crippen molar-refractivity contribution in [3.05, 3.63) is 42.2 Å². The van der Waals surface area contributed by atoms with Crippen LogP contribution in [0.1, 0.15) is 19.4 Å². The van der Waals surface area contributed by atoms with E-state index in [1.54, 1.807) is 24.3 Å². The van der Waals surface area contributed by atoms with E-state index in [-0.39, 0.29) is 5.76 Å². The van der Waals surface area contributed by atoms with E-state index in [1.165, 1.54) is 13.8 Å². The highest BCUT2D eigenvalue weighted by atomic mass is 16.6. The minimum atomic E-state index is -0.472. The monoisotopic (exact) mass is 220 g/mol. The molecule has 0 aliphatic rings. The Kier molecular flexibility index (Phi) is 4.27. The zero-order valence-corrected chi connectivity index (χ0v) is 9.10. The first-order valence-corrected chi connectivity index (χ1v) is 4.71. The molecule has 0 spiro atoms. The number of ether oxygens (including phenoxy) is 2. The fourth-order valence-electron chi connectivity index (χ4n) is 1.04. The molecule has 0 aliphatic heterocycles. The molecule has 4 nitrogen and oxygen atoms in total. The summed E-state index contributed by atoms with van der Waals surface area (Å²) in [5.74, 6) is -0.730. The highest BCUT2D eigenvalue weighted by molar-refractivity contribution is 5.76. The molecule has 1 rings (SSSR count). The van der Waals surface area contributed by atoms with Crippen molar-refractivity contribution in [3.63, 3.8) is 0 Å². The van der Waals surface area contributed by atoms with Crippen LogP contribution in [0.4, 0.5) is 0 Å². The van der Waals surface area contributed by atoms with Crippen LogP contribution in [0.25, 0.3) is 5.76 Å². The Hall–Kier alpha value is -2.10. The van der Waals surface area contributed by atoms with Crippen LogP contribution < -0.4 is 0 Å². The van der Waals surface area contributed by atoms with Crippen LogP contribution in [0.5, 0.6) is 0 Å². The first-order valence-electron chi connectivity index (χ1n) is 4.71. The molecule has 0 radical (unpaired) electrons. The average Bonchev–Trinajstić information content (AvgIpc) is 2.25. The quantitative estimate of drug-likeness (QED) is 0.578. The summed E-state index contributed by atoms with van der Waals surface area (Å²) in [7, 11) is 0. The molecule has 0 atom stereocenters. The van der Waals surface area contributed by atoms with Gasteiger partial charge in [-0.15, -0.1) is 0 Å². The Morgan fingerprint density at radius 3 is 2.19 bits per heavy atom. The van der Waals surface area contributed by atoms with Gasteiger partial charge in [-0.25, -0.2) is 0 Å². The summed E-state index contributed by atoms with van der Waals surface area (Å²) in [4.78, 5) is 21.5. The summed E-state index contributed by atoms with van der Waals surface area (Å²) in [6.45, 7) is 2.55. The molecule has 0 amide bonds. The number of esters is 2. The van der Waals surface area contributed by atoms with Gasteiger partial charge in [0.2, 0.25) is 0 Å². The SMILES string of the molecule is CC(=O)O/C=C(/OC(C)=O)c1ccccc1. The van der Waals surface area contributed by atoms with Gasteiger partial charge in [0.1, 0.15) is 6.26 Å². The molecule has 84 valence electrons. The lowest BCUT2D eigenvalue weighted by Gasteiger charge is -2.06. The zero-order valence-electron chi connectivity index (χ0n) is 9.10. The summed E-state index contributed by atoms with van der Waals surface area (Å²) in [5, 5.41) is 0. The van der Waals surface area contributed by atoms with Gasteiger partial charge >= 0.3 is 11.9 Å². The van der Waals surface area contributed by atoms with Crippen molar-refractivity contribution in [2.75, 3.05) is 0 Å². The maximum atomic E-state index is 10.9. The molecule has 1 aromatic carbocycles. The summed E-state index contributed by atoms with van der Waals surface area (Å²) in [6, 6.07) is 8.91. The Labute approximate surface area is 93.5 Å². The van der Waals surface area contributed by atoms with E-state index in [0.29, 0.717) is 5.56 Å². The first-order chi connectivity index (χ1) is 7.59. The predicted molar refractivity (Wildman–Crippen MR) is 58.0 cm³/mol. The molecule has 0 N–H and O–H groups in total. The molecule has 0 unspecified atom stereocenters. The lowest BCUT2D eigenvalue weighted by molar-refractivity contribution is -0.137. The van der Waals surface area contributed by atoms with Gasteiger partial charge in [-0.05, 0) is 0 Å². The lowest BCUT2D eigenvalue weighted by atomic mass is 10.2. The number of rotatable bonds is 3. The van der Waals surface area contributed by atoms with E-state index in [2.05, 4.69) is 4.74 Å². The van der Waals surface area contributed by atoms with Crippen molar-refractivity contribution >= 4 is 17.7 Å². The third kappa shape index (κ3) is 3.96. The van der Waals surface area contributed by atoms with E-state index in [0.717, 1.165) is 6.26 Å². The Balaban J connectivity index is 2.91. The molecule has 16 heavy (non-hydrogen) atoms. The smallest absolute Gasteiger partial charge is 0.308 e. The number of carbonyl (C=O) groups is 2. The summed E-state index contributed by atoms with van der Waals surface area (Å²) >= 11 is 0. The third-order valence-electron chi connectivity index (χ3n) is 1.64. The second-order valence-electron chi connectivity index (χ2n) is 3.05. The van der Waals surface area contributed by atoms with Crippen molar-refractivity contribution in [1.82, 2.24) is 0 Å². The van der Waals surface area contributed by atoms with Gasteiger partial charge in [0.25, 0.3) is 0 Å². The maximum Gasteiger partial charge on any atom is 0.308 e. The molecule has 0 heterocycles. The van der Waals surface area contributed by atoms with E-state index in [9.17, 15) is 9.59 Å². The van der Waals surface area contributed by atoms with Gasteiger partial charge in [0.05, 0.1) is 0 Å². The normalized spacial score (nSPS) is 10.8. The second kappa shape index (κ2) is 5.70. The fraction of sp³-hybridized carbons (Fsp3) is 0.167. The van der Waals surface area contributed by atoms with Crippen molar-refractivity contribution in [3.8, 4) is 0 Å². The number of carbonyl (C=O) groups excluding carboxylic acids is 2. The van der Waals surface area contributed by atoms with Crippen molar-refractivity contribution in [2.45, 2.75) is 13.8 Å². The molecule has 0 saturated heterocycles. The number of hydrogen-bond acceptors (Lipinski definition) is 4. The topological polar surface area (TPSA) is 52.6 Å². The molecule has 0 saturated carbocycles. The van der Waals surface area contributed by atoms with Gasteiger partial charge in [-0.2, -0.15) is 0 Å². The Morgan fingerprint density at radius 1 is 1.06 bits per heavy atom. The summed E-state index contributed by atoms with van der Waals surface area (Å²) in [6.07, 6.45) is 1.12. The van der Waals surface area contributed by atoms with Crippen molar-refractivity contribution in [1.29, 1.82) is 0 Å². The van der Waals surface area contributed by atoms with Gasteiger partial charge in [-0.3, -0.25) is 9.59 Å². The zero-order chi connectivity index (χ0) is 12.0. The second-order valence-corrected chi connectivity index (χ2v) is 3.05. The van der Waals surface area contributed by atoms with Gasteiger partial charge < -0.3 is 9.47 Å². The van der Waals surface area contributed by atoms with Crippen LogP contribution in [0, 0.1) is 0 Å². The van der Waals surface area contributed by atoms with Crippen molar-refractivity contribution < 1.29 is 19.1 Å². The van der Waals surface area contributed by atoms with Crippen molar-refractivity contribution in [2.24, 2.45) is 0 Å². The molecule has 0 fully saturated rings. The highest BCUT2D eigenvalue weighted by Gasteiger charge is 2.06. The largest absolute Gasteiger partial charge is 0.431 e. The van der Waals surface area contributed by atoms with E-state index < -0.39 is 11.9 Å². The van der Waals surface area contributed by atoms with Crippen LogP contribution in [-0.2, 0) is 19.1 Å². The lowest BCUT2D eigenvalue weighted by Crippen LogP contribution is -2.00. The van der Waals surface area contributed by atoms with Crippen LogP contribution >= 0.6 is 0 Å². The van der Waals surface area contributed by atoms with Gasteiger partial charge in [0, 0.05) is 19.4 Å².